The van der Waals surface area contributed by atoms with E-state index in [4.69, 9.17) is 37.4 Å². The molecule has 2 N–H and O–H groups in total. The third-order valence-electron chi connectivity index (χ3n) is 5.89. The molecule has 10 nitrogen and oxygen atoms in total. The summed E-state index contributed by atoms with van der Waals surface area (Å²) < 4.78 is 30.9. The van der Waals surface area contributed by atoms with Gasteiger partial charge in [0.2, 0.25) is 11.9 Å². The Bertz CT molecular complexity index is 1390. The minimum atomic E-state index is -0.819. The average molecular weight is 552 g/mol. The number of hydrogen-bond donors (Lipinski definition) is 2. The van der Waals surface area contributed by atoms with E-state index in [2.05, 4.69) is 27.2 Å². The number of aromatic nitrogens is 3. The second-order valence-electron chi connectivity index (χ2n) is 8.07. The van der Waals surface area contributed by atoms with Gasteiger partial charge in [-0.05, 0) is 12.1 Å². The average Bonchev–Trinajstić information content (AvgIpc) is 3.32. The van der Waals surface area contributed by atoms with Crippen molar-refractivity contribution in [2.75, 3.05) is 39.4 Å². The number of pyridine rings is 1. The number of anilines is 1. The highest BCUT2D eigenvalue weighted by molar-refractivity contribution is 6.41. The normalized spacial score (nSPS) is 17.0. The van der Waals surface area contributed by atoms with Crippen molar-refractivity contribution < 1.29 is 23.4 Å². The van der Waals surface area contributed by atoms with E-state index in [1.54, 1.807) is 0 Å². The molecule has 2 aromatic heterocycles. The van der Waals surface area contributed by atoms with E-state index in [-0.39, 0.29) is 68.8 Å². The van der Waals surface area contributed by atoms with E-state index in [0.717, 1.165) is 0 Å². The van der Waals surface area contributed by atoms with Gasteiger partial charge in [-0.3, -0.25) is 14.2 Å². The van der Waals surface area contributed by atoms with E-state index in [1.165, 1.54) is 43.2 Å². The Morgan fingerprint density at radius 1 is 1.24 bits per heavy atom. The summed E-state index contributed by atoms with van der Waals surface area (Å²) in [5.41, 5.74) is -0.0650. The molecule has 1 aliphatic heterocycles. The summed E-state index contributed by atoms with van der Waals surface area (Å²) in [6, 6.07) is 2.37. The maximum Gasteiger partial charge on any atom is 0.260 e. The summed E-state index contributed by atoms with van der Waals surface area (Å²) >= 11 is 13.1. The Morgan fingerprint density at radius 2 is 1.92 bits per heavy atom. The van der Waals surface area contributed by atoms with Gasteiger partial charge < -0.3 is 24.8 Å². The van der Waals surface area contributed by atoms with Crippen LogP contribution in [0.1, 0.15) is 0 Å². The summed E-state index contributed by atoms with van der Waals surface area (Å²) in [4.78, 5) is 34.1. The first-order valence-electron chi connectivity index (χ1n) is 11.2. The van der Waals surface area contributed by atoms with Crippen molar-refractivity contribution in [1.29, 1.82) is 0 Å². The highest BCUT2D eigenvalue weighted by atomic mass is 35.5. The third kappa shape index (κ3) is 5.20. The van der Waals surface area contributed by atoms with Crippen LogP contribution >= 0.6 is 23.2 Å². The molecule has 4 rings (SSSR count). The quantitative estimate of drug-likeness (QED) is 0.389. The van der Waals surface area contributed by atoms with Crippen LogP contribution in [0.3, 0.4) is 0 Å². The molecule has 0 radical (unpaired) electrons. The standard InChI is InChI=1S/C24H24Cl2FN5O5/c1-4-18(33)29-14-10-37-11-15(14)30-24-28-9-12-7-13(23(34)32(6-5-27)22(12)31-24)19-20(25)16(35-2)8-17(36-3)21(19)26/h4,7-9,14-15H,1,5-6,10-11H2,2-3H3,(H,29,33)(H,28,30,31)/t14-,15+/m0/s1. The van der Waals surface area contributed by atoms with Gasteiger partial charge in [0.25, 0.3) is 5.56 Å². The predicted molar refractivity (Wildman–Crippen MR) is 139 cm³/mol. The Morgan fingerprint density at radius 3 is 2.54 bits per heavy atom. The number of alkyl halides is 1. The summed E-state index contributed by atoms with van der Waals surface area (Å²) in [5.74, 6) is 0.349. The SMILES string of the molecule is C=CC(=O)N[C@H]1COC[C@H]1Nc1ncc2cc(-c3c(Cl)c(OC)cc(OC)c3Cl)c(=O)n(CCF)c2n1. The number of carbonyl (C=O) groups excluding carboxylic acids is 1. The molecule has 1 aliphatic rings. The molecule has 1 fully saturated rings. The largest absolute Gasteiger partial charge is 0.495 e. The lowest BCUT2D eigenvalue weighted by molar-refractivity contribution is -0.117. The number of benzene rings is 1. The maximum atomic E-state index is 13.6. The molecule has 1 aromatic carbocycles. The molecule has 2 atom stereocenters. The molecule has 1 amide bonds. The molecule has 13 heteroatoms. The second-order valence-corrected chi connectivity index (χ2v) is 8.82. The molecular weight excluding hydrogens is 528 g/mol. The van der Waals surface area contributed by atoms with E-state index < -0.39 is 12.2 Å². The summed E-state index contributed by atoms with van der Waals surface area (Å²) in [6.45, 7) is 2.96. The topological polar surface area (TPSA) is 117 Å². The van der Waals surface area contributed by atoms with Crippen LogP contribution in [-0.4, -0.2) is 66.6 Å². The van der Waals surface area contributed by atoms with E-state index in [1.807, 2.05) is 0 Å². The zero-order valence-corrected chi connectivity index (χ0v) is 21.5. The van der Waals surface area contributed by atoms with Crippen molar-refractivity contribution in [1.82, 2.24) is 19.9 Å². The van der Waals surface area contributed by atoms with Crippen molar-refractivity contribution in [2.45, 2.75) is 18.6 Å². The molecule has 0 aliphatic carbocycles. The molecule has 196 valence electrons. The number of nitrogens with one attached hydrogen (secondary N) is 2. The zero-order valence-electron chi connectivity index (χ0n) is 20.0. The van der Waals surface area contributed by atoms with Gasteiger partial charge >= 0.3 is 0 Å². The number of amides is 1. The minimum Gasteiger partial charge on any atom is -0.495 e. The van der Waals surface area contributed by atoms with Gasteiger partial charge in [0.05, 0.1) is 61.7 Å². The lowest BCUT2D eigenvalue weighted by Gasteiger charge is -2.20. The number of rotatable bonds is 9. The van der Waals surface area contributed by atoms with Crippen LogP contribution in [0, 0.1) is 0 Å². The Hall–Kier alpha value is -3.41. The van der Waals surface area contributed by atoms with Crippen molar-refractivity contribution in [3.8, 4) is 22.6 Å². The van der Waals surface area contributed by atoms with E-state index >= 15 is 0 Å². The fourth-order valence-corrected chi connectivity index (χ4v) is 4.77. The number of halogens is 3. The van der Waals surface area contributed by atoms with Crippen molar-refractivity contribution in [3.63, 3.8) is 0 Å². The van der Waals surface area contributed by atoms with Crippen LogP contribution < -0.4 is 25.7 Å². The number of carbonyl (C=O) groups is 1. The van der Waals surface area contributed by atoms with Gasteiger partial charge in [-0.1, -0.05) is 29.8 Å². The fourth-order valence-electron chi connectivity index (χ4n) is 4.07. The minimum absolute atomic E-state index is 0.101. The number of ether oxygens (including phenoxy) is 3. The zero-order chi connectivity index (χ0) is 26.7. The van der Waals surface area contributed by atoms with Crippen LogP contribution in [0.5, 0.6) is 11.5 Å². The second kappa shape index (κ2) is 11.3. The lowest BCUT2D eigenvalue weighted by atomic mass is 10.0. The smallest absolute Gasteiger partial charge is 0.260 e. The van der Waals surface area contributed by atoms with Crippen molar-refractivity contribution >= 4 is 46.1 Å². The molecule has 3 aromatic rings. The van der Waals surface area contributed by atoms with Gasteiger partial charge in [0.15, 0.2) is 0 Å². The van der Waals surface area contributed by atoms with Gasteiger partial charge in [0, 0.05) is 23.2 Å². The molecule has 0 spiro atoms. The molecule has 3 heterocycles. The molecule has 0 unspecified atom stereocenters. The van der Waals surface area contributed by atoms with Gasteiger partial charge in [-0.2, -0.15) is 4.98 Å². The first kappa shape index (κ1) is 26.6. The fraction of sp³-hybridized carbons (Fsp3) is 0.333. The van der Waals surface area contributed by atoms with Gasteiger partial charge in [-0.15, -0.1) is 0 Å². The highest BCUT2D eigenvalue weighted by Gasteiger charge is 2.30. The molecule has 0 saturated carbocycles. The van der Waals surface area contributed by atoms with E-state index in [0.29, 0.717) is 18.6 Å². The van der Waals surface area contributed by atoms with Gasteiger partial charge in [-0.25, -0.2) is 9.37 Å². The lowest BCUT2D eigenvalue weighted by Crippen LogP contribution is -2.45. The number of aryl methyl sites for hydroxylation is 1. The Balaban J connectivity index is 1.81. The van der Waals surface area contributed by atoms with Crippen LogP contribution in [-0.2, 0) is 16.1 Å². The molecule has 0 bridgehead atoms. The first-order valence-corrected chi connectivity index (χ1v) is 11.9. The monoisotopic (exact) mass is 551 g/mol. The third-order valence-corrected chi connectivity index (χ3v) is 6.64. The Kier molecular flexibility index (Phi) is 8.16. The van der Waals surface area contributed by atoms with Gasteiger partial charge in [0.1, 0.15) is 23.8 Å². The summed E-state index contributed by atoms with van der Waals surface area (Å²) in [6.07, 6.45) is 2.67. The predicted octanol–water partition coefficient (Wildman–Crippen LogP) is 3.23. The number of fused-ring (bicyclic) bond motifs is 1. The molecule has 37 heavy (non-hydrogen) atoms. The molecular formula is C24H24Cl2FN5O5. The number of nitrogens with zero attached hydrogens (tertiary/aromatic N) is 3. The highest BCUT2D eigenvalue weighted by Crippen LogP contribution is 2.45. The van der Waals surface area contributed by atoms with E-state index in [9.17, 15) is 14.0 Å². The first-order chi connectivity index (χ1) is 17.8. The number of hydrogen-bond acceptors (Lipinski definition) is 8. The molecule has 1 saturated heterocycles. The number of methoxy groups -OCH3 is 2. The van der Waals surface area contributed by atoms with Crippen LogP contribution in [0.15, 0.2) is 35.8 Å². The summed E-state index contributed by atoms with van der Waals surface area (Å²) in [7, 11) is 2.84. The van der Waals surface area contributed by atoms with Crippen LogP contribution in [0.25, 0.3) is 22.2 Å². The maximum absolute atomic E-state index is 13.6. The van der Waals surface area contributed by atoms with Crippen molar-refractivity contribution in [3.05, 3.63) is 51.4 Å². The van der Waals surface area contributed by atoms with Crippen LogP contribution in [0.4, 0.5) is 10.3 Å². The Labute approximate surface area is 221 Å². The van der Waals surface area contributed by atoms with Crippen molar-refractivity contribution in [2.24, 2.45) is 0 Å². The summed E-state index contributed by atoms with van der Waals surface area (Å²) in [5, 5.41) is 6.55. The van der Waals surface area contributed by atoms with Crippen LogP contribution in [0.2, 0.25) is 10.0 Å².